The smallest absolute Gasteiger partial charge is 0.410 e. The van der Waals surface area contributed by atoms with E-state index < -0.39 is 40.4 Å². The third kappa shape index (κ3) is 7.69. The van der Waals surface area contributed by atoms with E-state index in [1.54, 1.807) is 53.4 Å². The number of phenols is 1. The van der Waals surface area contributed by atoms with Crippen molar-refractivity contribution in [1.29, 1.82) is 0 Å². The molecule has 2 amide bonds. The first kappa shape index (κ1) is 34.9. The Morgan fingerprint density at radius 1 is 1.00 bits per heavy atom. The molecule has 1 saturated carbocycles. The monoisotopic (exact) mass is 702 g/mol. The topological polar surface area (TPSA) is 93.1 Å². The second-order valence-electron chi connectivity index (χ2n) is 12.8. The lowest BCUT2D eigenvalue weighted by atomic mass is 9.89. The van der Waals surface area contributed by atoms with E-state index in [2.05, 4.69) is 0 Å². The molecular formula is C35H37ClF2N2O5S2. The lowest BCUT2D eigenvalue weighted by Gasteiger charge is -2.40. The zero-order valence-corrected chi connectivity index (χ0v) is 29.2. The highest BCUT2D eigenvalue weighted by molar-refractivity contribution is 7.90. The standard InChI is InChI=1S/C35H37ClF2N2O5S2/c1-35(2,3)45-34(43)39(4)23-9-11-24(12-10-23)40(33(42)32-30(36)29-26(37)15-16-27(38)31(29)46-32)19-22-18-21(8-17-28(22)41)20-6-13-25(14-7-20)47(5)44/h6-8,13-18,23-24,41H,9-12,19H2,1-5H3/t23-,24-,47?. The number of aromatic hydroxyl groups is 1. The summed E-state index contributed by atoms with van der Waals surface area (Å²) >= 11 is 6.24. The Labute approximate surface area is 285 Å². The van der Waals surface area contributed by atoms with Crippen LogP contribution in [-0.4, -0.2) is 62.4 Å². The number of nitrogens with zero attached hydrogens (tertiary/aromatic N) is 2. The van der Waals surface area contributed by atoms with Crippen LogP contribution in [0.25, 0.3) is 21.2 Å². The highest BCUT2D eigenvalue weighted by Gasteiger charge is 2.35. The van der Waals surface area contributed by atoms with Crippen LogP contribution in [0.2, 0.25) is 5.02 Å². The molecular weight excluding hydrogens is 666 g/mol. The fourth-order valence-electron chi connectivity index (χ4n) is 5.89. The first-order chi connectivity index (χ1) is 22.1. The zero-order chi connectivity index (χ0) is 34.2. The van der Waals surface area contributed by atoms with Crippen LogP contribution in [0, 0.1) is 11.6 Å². The van der Waals surface area contributed by atoms with Crippen LogP contribution in [0.3, 0.4) is 0 Å². The van der Waals surface area contributed by atoms with Gasteiger partial charge in [0.25, 0.3) is 5.91 Å². The fraction of sp³-hybridized carbons (Fsp3) is 0.371. The molecule has 0 radical (unpaired) electrons. The fourth-order valence-corrected chi connectivity index (χ4v) is 7.91. The maximum atomic E-state index is 14.8. The average molecular weight is 703 g/mol. The summed E-state index contributed by atoms with van der Waals surface area (Å²) in [6.07, 6.45) is 3.43. The number of hydrogen-bond donors (Lipinski definition) is 1. The number of thiophene rings is 1. The van der Waals surface area contributed by atoms with Crippen molar-refractivity contribution in [3.05, 3.63) is 81.7 Å². The van der Waals surface area contributed by atoms with Crippen molar-refractivity contribution in [2.24, 2.45) is 0 Å². The van der Waals surface area contributed by atoms with Crippen molar-refractivity contribution >= 4 is 56.2 Å². The van der Waals surface area contributed by atoms with E-state index in [0.717, 1.165) is 34.6 Å². The highest BCUT2D eigenvalue weighted by Crippen LogP contribution is 2.41. The molecule has 1 N–H and O–H groups in total. The summed E-state index contributed by atoms with van der Waals surface area (Å²) in [4.78, 5) is 31.0. The summed E-state index contributed by atoms with van der Waals surface area (Å²) < 4.78 is 46.8. The van der Waals surface area contributed by atoms with Gasteiger partial charge in [-0.1, -0.05) is 17.7 Å². The van der Waals surface area contributed by atoms with E-state index in [9.17, 15) is 28.0 Å². The summed E-state index contributed by atoms with van der Waals surface area (Å²) in [5.74, 6) is -1.91. The van der Waals surface area contributed by atoms with Gasteiger partial charge in [-0.2, -0.15) is 0 Å². The predicted octanol–water partition coefficient (Wildman–Crippen LogP) is 8.76. The Morgan fingerprint density at radius 2 is 1.60 bits per heavy atom. The van der Waals surface area contributed by atoms with Crippen molar-refractivity contribution < 1.29 is 32.8 Å². The van der Waals surface area contributed by atoms with E-state index in [4.69, 9.17) is 16.3 Å². The molecule has 12 heteroatoms. The first-order valence-corrected chi connectivity index (χ1v) is 18.0. The normalized spacial score (nSPS) is 17.4. The number of phenolic OH excluding ortho intramolecular Hbond substituents is 1. The molecule has 1 aromatic heterocycles. The molecule has 7 nitrogen and oxygen atoms in total. The average Bonchev–Trinajstić information content (AvgIpc) is 3.39. The zero-order valence-electron chi connectivity index (χ0n) is 26.8. The number of benzene rings is 3. The van der Waals surface area contributed by atoms with Gasteiger partial charge in [0, 0.05) is 31.2 Å². The first-order valence-electron chi connectivity index (χ1n) is 15.2. The Hall–Kier alpha value is -3.38. The van der Waals surface area contributed by atoms with Gasteiger partial charge in [0.15, 0.2) is 4.90 Å². The van der Waals surface area contributed by atoms with Crippen molar-refractivity contribution in [3.63, 3.8) is 0 Å². The molecule has 3 aromatic carbocycles. The summed E-state index contributed by atoms with van der Waals surface area (Å²) in [6.45, 7) is 5.43. The molecule has 0 aliphatic heterocycles. The Balaban J connectivity index is 1.47. The minimum atomic E-state index is -1.13. The largest absolute Gasteiger partial charge is 0.612 e. The van der Waals surface area contributed by atoms with Crippen LogP contribution < -0.4 is 0 Å². The number of halogens is 3. The molecule has 250 valence electrons. The van der Waals surface area contributed by atoms with Crippen LogP contribution in [0.15, 0.2) is 59.5 Å². The van der Waals surface area contributed by atoms with Crippen molar-refractivity contribution in [2.45, 2.75) is 75.6 Å². The molecule has 1 aliphatic rings. The van der Waals surface area contributed by atoms with Gasteiger partial charge in [-0.25, -0.2) is 13.6 Å². The van der Waals surface area contributed by atoms with Crippen molar-refractivity contribution in [2.75, 3.05) is 13.3 Å². The van der Waals surface area contributed by atoms with Gasteiger partial charge in [-0.3, -0.25) is 4.79 Å². The van der Waals surface area contributed by atoms with E-state index in [1.165, 1.54) is 0 Å². The van der Waals surface area contributed by atoms with Gasteiger partial charge in [-0.15, -0.1) is 11.3 Å². The number of ether oxygens (including phenoxy) is 1. The summed E-state index contributed by atoms with van der Waals surface area (Å²) in [5, 5.41) is 10.7. The van der Waals surface area contributed by atoms with Gasteiger partial charge in [-0.05, 0) is 117 Å². The number of carbonyl (C=O) groups is 2. The molecule has 1 aliphatic carbocycles. The van der Waals surface area contributed by atoms with E-state index >= 15 is 0 Å². The van der Waals surface area contributed by atoms with Crippen LogP contribution in [-0.2, 0) is 22.5 Å². The predicted molar refractivity (Wildman–Crippen MR) is 183 cm³/mol. The molecule has 1 fully saturated rings. The summed E-state index contributed by atoms with van der Waals surface area (Å²) in [7, 11) is 1.70. The molecule has 1 unspecified atom stereocenters. The minimum absolute atomic E-state index is 0.00233. The maximum absolute atomic E-state index is 14.8. The summed E-state index contributed by atoms with van der Waals surface area (Å²) in [6, 6.07) is 13.9. The Bertz CT molecular complexity index is 1780. The van der Waals surface area contributed by atoms with Crippen LogP contribution in [0.4, 0.5) is 13.6 Å². The van der Waals surface area contributed by atoms with Gasteiger partial charge < -0.3 is 24.2 Å². The SMILES string of the molecule is CN(C(=O)OC(C)(C)C)[C@H]1CC[C@H](N(Cc2cc(-c3ccc([S+](C)[O-])cc3)ccc2O)C(=O)c2sc3c(F)ccc(F)c3c2Cl)CC1. The van der Waals surface area contributed by atoms with Crippen molar-refractivity contribution in [1.82, 2.24) is 9.80 Å². The Morgan fingerprint density at radius 3 is 2.19 bits per heavy atom. The molecule has 47 heavy (non-hydrogen) atoms. The minimum Gasteiger partial charge on any atom is -0.612 e. The van der Waals surface area contributed by atoms with E-state index in [-0.39, 0.29) is 44.4 Å². The van der Waals surface area contributed by atoms with Gasteiger partial charge >= 0.3 is 6.09 Å². The molecule has 0 saturated heterocycles. The number of rotatable bonds is 7. The summed E-state index contributed by atoms with van der Waals surface area (Å²) in [5.41, 5.74) is 1.45. The third-order valence-corrected chi connectivity index (χ3v) is 11.0. The van der Waals surface area contributed by atoms with Crippen molar-refractivity contribution in [3.8, 4) is 16.9 Å². The number of carbonyl (C=O) groups excluding carboxylic acids is 2. The Kier molecular flexibility index (Phi) is 10.4. The van der Waals surface area contributed by atoms with E-state index in [1.807, 2.05) is 32.9 Å². The van der Waals surface area contributed by atoms with Crippen LogP contribution in [0.5, 0.6) is 5.75 Å². The molecule has 1 heterocycles. The quantitative estimate of drug-likeness (QED) is 0.195. The second-order valence-corrected chi connectivity index (χ2v) is 15.6. The lowest BCUT2D eigenvalue weighted by Crippen LogP contribution is -2.47. The van der Waals surface area contributed by atoms with Gasteiger partial charge in [0.2, 0.25) is 0 Å². The number of amides is 2. The third-order valence-electron chi connectivity index (χ3n) is 8.41. The molecule has 4 aromatic rings. The van der Waals surface area contributed by atoms with Crippen LogP contribution >= 0.6 is 22.9 Å². The molecule has 0 spiro atoms. The van der Waals surface area contributed by atoms with Gasteiger partial charge in [0.05, 0.1) is 15.1 Å². The number of fused-ring (bicyclic) bond motifs is 1. The second kappa shape index (κ2) is 14.0. The van der Waals surface area contributed by atoms with E-state index in [0.29, 0.717) is 36.1 Å². The molecule has 0 bridgehead atoms. The number of hydrogen-bond acceptors (Lipinski definition) is 6. The lowest BCUT2D eigenvalue weighted by molar-refractivity contribution is 0.0144. The van der Waals surface area contributed by atoms with Gasteiger partial charge in [0.1, 0.15) is 34.1 Å². The van der Waals surface area contributed by atoms with Crippen LogP contribution in [0.1, 0.15) is 61.7 Å². The molecule has 1 atom stereocenters. The highest BCUT2D eigenvalue weighted by atomic mass is 35.5. The molecule has 5 rings (SSSR count). The maximum Gasteiger partial charge on any atom is 0.410 e.